The van der Waals surface area contributed by atoms with Gasteiger partial charge in [-0.2, -0.15) is 5.10 Å². The Hall–Kier alpha value is -1.09. The van der Waals surface area contributed by atoms with E-state index in [1.165, 1.54) is 10.9 Å². The van der Waals surface area contributed by atoms with Crippen molar-refractivity contribution in [1.29, 1.82) is 0 Å². The van der Waals surface area contributed by atoms with Crippen LogP contribution in [0.3, 0.4) is 0 Å². The minimum absolute atomic E-state index is 0. The fourth-order valence-electron chi connectivity index (χ4n) is 2.85. The van der Waals surface area contributed by atoms with Gasteiger partial charge < -0.3 is 12.5 Å². The zero-order valence-corrected chi connectivity index (χ0v) is 22.0. The molecule has 7 heteroatoms. The van der Waals surface area contributed by atoms with E-state index in [-0.39, 0.29) is 12.8 Å². The second kappa shape index (κ2) is 12.7. The van der Waals surface area contributed by atoms with Crippen LogP contribution in [0.4, 0.5) is 0 Å². The number of halogens is 2. The molecule has 3 rings (SSSR count). The predicted molar refractivity (Wildman–Crippen MR) is 131 cm³/mol. The molecular formula is C23H28Cl2N2OPTi-. The summed E-state index contributed by atoms with van der Waals surface area (Å²) in [5.74, 6) is 0.415. The third kappa shape index (κ3) is 7.87. The zero-order valence-electron chi connectivity index (χ0n) is 17.9. The zero-order chi connectivity index (χ0) is 21.4. The first-order valence-corrected chi connectivity index (χ1v) is 14.4. The topological polar surface area (TPSA) is 37.5 Å². The van der Waals surface area contributed by atoms with Crippen molar-refractivity contribution in [2.45, 2.75) is 33.1 Å². The first kappa shape index (κ1) is 26.9. The van der Waals surface area contributed by atoms with E-state index in [0.717, 1.165) is 16.4 Å². The van der Waals surface area contributed by atoms with Gasteiger partial charge in [0.2, 0.25) is 0 Å². The molecule has 2 aromatic carbocycles. The van der Waals surface area contributed by atoms with Crippen LogP contribution >= 0.6 is 27.2 Å². The monoisotopic (exact) mass is 497 g/mol. The van der Waals surface area contributed by atoms with E-state index < -0.39 is 17.0 Å². The molecule has 0 saturated heterocycles. The van der Waals surface area contributed by atoms with Gasteiger partial charge in [-0.25, -0.2) is 4.68 Å². The Balaban J connectivity index is 0.00000106. The molecule has 160 valence electrons. The fraction of sp³-hybridized carbons (Fsp3) is 0.217. The number of phenolic OH excluding ortho intramolecular Hbond substituents is 1. The van der Waals surface area contributed by atoms with Crippen molar-refractivity contribution in [2.75, 3.05) is 0 Å². The van der Waals surface area contributed by atoms with E-state index in [4.69, 9.17) is 18.6 Å². The molecule has 0 saturated carbocycles. The van der Waals surface area contributed by atoms with Crippen LogP contribution < -0.4 is 10.6 Å². The quantitative estimate of drug-likeness (QED) is 0.200. The van der Waals surface area contributed by atoms with Crippen LogP contribution in [0, 0.1) is 14.4 Å². The summed E-state index contributed by atoms with van der Waals surface area (Å²) >= 11 is -0.556. The minimum atomic E-state index is -0.556. The van der Waals surface area contributed by atoms with Crippen molar-refractivity contribution >= 4 is 44.0 Å². The third-order valence-corrected chi connectivity index (χ3v) is 5.59. The molecule has 1 heterocycles. The van der Waals surface area contributed by atoms with Crippen molar-refractivity contribution in [3.63, 3.8) is 0 Å². The molecule has 0 amide bonds. The van der Waals surface area contributed by atoms with Crippen molar-refractivity contribution in [3.05, 3.63) is 85.0 Å². The van der Waals surface area contributed by atoms with E-state index in [9.17, 15) is 5.11 Å². The van der Waals surface area contributed by atoms with Crippen LogP contribution in [0.15, 0.2) is 66.0 Å². The van der Waals surface area contributed by atoms with E-state index in [0.29, 0.717) is 14.3 Å². The summed E-state index contributed by atoms with van der Waals surface area (Å²) in [7, 11) is 10.1. The first-order valence-electron chi connectivity index (χ1n) is 9.10. The summed E-state index contributed by atoms with van der Waals surface area (Å²) in [5.41, 5.74) is 3.15. The Morgan fingerprint density at radius 1 is 1.03 bits per heavy atom. The van der Waals surface area contributed by atoms with Crippen LogP contribution in [0.25, 0.3) is 0 Å². The van der Waals surface area contributed by atoms with Crippen LogP contribution in [0.5, 0.6) is 5.75 Å². The maximum atomic E-state index is 10.9. The van der Waals surface area contributed by atoms with E-state index in [1.54, 1.807) is 4.68 Å². The summed E-state index contributed by atoms with van der Waals surface area (Å²) in [6.45, 7) is 8.48. The average Bonchev–Trinajstić information content (AvgIpc) is 3.17. The average molecular weight is 498 g/mol. The van der Waals surface area contributed by atoms with Crippen LogP contribution in [-0.4, -0.2) is 16.0 Å². The maximum absolute atomic E-state index is 10.9. The Bertz CT molecular complexity index is 954. The number of benzene rings is 2. The molecule has 0 aliphatic rings. The number of phenols is 1. The summed E-state index contributed by atoms with van der Waals surface area (Å²) in [6, 6.07) is 16.3. The summed E-state index contributed by atoms with van der Waals surface area (Å²) in [4.78, 5) is 0. The van der Waals surface area contributed by atoms with Crippen molar-refractivity contribution < 1.29 is 22.1 Å². The SMILES string of the molecule is Cc1cc(Pc2ccccc2/C=N/n2cccc2)c(O)c(C(C)(C)C)c1.[CH3-].[Cl][Ti][Cl]. The van der Waals surface area contributed by atoms with Gasteiger partial charge >= 0.3 is 35.6 Å². The predicted octanol–water partition coefficient (Wildman–Crippen LogP) is 6.14. The van der Waals surface area contributed by atoms with Gasteiger partial charge in [0.25, 0.3) is 0 Å². The number of nitrogens with zero attached hydrogens (tertiary/aromatic N) is 2. The second-order valence-corrected chi connectivity index (χ2v) is 11.5. The normalized spacial score (nSPS) is 11.3. The molecule has 3 aromatic rings. The van der Waals surface area contributed by atoms with Gasteiger partial charge in [0.15, 0.2) is 0 Å². The van der Waals surface area contributed by atoms with E-state index in [1.807, 2.05) is 42.9 Å². The van der Waals surface area contributed by atoms with Gasteiger partial charge in [-0.3, -0.25) is 0 Å². The third-order valence-electron chi connectivity index (χ3n) is 4.21. The van der Waals surface area contributed by atoms with Crippen molar-refractivity contribution in [1.82, 2.24) is 4.68 Å². The molecule has 0 bridgehead atoms. The molecule has 3 nitrogen and oxygen atoms in total. The second-order valence-electron chi connectivity index (χ2n) is 7.55. The Kier molecular flexibility index (Phi) is 11.4. The van der Waals surface area contributed by atoms with Gasteiger partial charge in [0.05, 0.1) is 6.21 Å². The fourth-order valence-corrected chi connectivity index (χ4v) is 4.16. The Labute approximate surface area is 199 Å². The molecule has 1 aromatic heterocycles. The number of rotatable bonds is 4. The molecule has 1 atom stereocenters. The first-order chi connectivity index (χ1) is 13.8. The molecule has 1 unspecified atom stereocenters. The number of aromatic hydroxyl groups is 1. The van der Waals surface area contributed by atoms with Gasteiger partial charge in [0, 0.05) is 28.8 Å². The van der Waals surface area contributed by atoms with Gasteiger partial charge in [-0.05, 0) is 41.4 Å². The molecule has 0 fully saturated rings. The Morgan fingerprint density at radius 2 is 1.63 bits per heavy atom. The standard InChI is InChI=1S/C22H25N2OP.CH3.2ClH.Ti/c1-16-13-18(22(2,3)4)21(25)20(14-16)26-19-10-6-5-9-17(19)15-23-24-11-7-8-12-24;;;;/h5-15,25-26H,1-4H3;1H3;2*1H;/q;-1;;;+2/p-2/b23-15+;;;;. The van der Waals surface area contributed by atoms with Crippen LogP contribution in [0.2, 0.25) is 0 Å². The number of aryl methyl sites for hydroxylation is 1. The molecule has 0 radical (unpaired) electrons. The number of hydrogen-bond acceptors (Lipinski definition) is 2. The molecule has 1 N–H and O–H groups in total. The number of aromatic nitrogens is 1. The van der Waals surface area contributed by atoms with Crippen molar-refractivity contribution in [2.24, 2.45) is 5.10 Å². The summed E-state index contributed by atoms with van der Waals surface area (Å²) < 4.78 is 1.78. The van der Waals surface area contributed by atoms with Gasteiger partial charge in [-0.15, -0.1) is 0 Å². The molecule has 0 aliphatic carbocycles. The number of hydrogen-bond donors (Lipinski definition) is 1. The van der Waals surface area contributed by atoms with Crippen LogP contribution in [-0.2, 0) is 22.4 Å². The van der Waals surface area contributed by atoms with Gasteiger partial charge in [0.1, 0.15) is 5.75 Å². The van der Waals surface area contributed by atoms with E-state index >= 15 is 0 Å². The summed E-state index contributed by atoms with van der Waals surface area (Å²) in [5, 5.41) is 17.5. The van der Waals surface area contributed by atoms with Crippen LogP contribution in [0.1, 0.15) is 37.5 Å². The Morgan fingerprint density at radius 3 is 2.23 bits per heavy atom. The summed E-state index contributed by atoms with van der Waals surface area (Å²) in [6.07, 6.45) is 5.69. The molecule has 0 spiro atoms. The van der Waals surface area contributed by atoms with Gasteiger partial charge in [-0.1, -0.05) is 59.7 Å². The van der Waals surface area contributed by atoms with E-state index in [2.05, 4.69) is 57.1 Å². The molecular weight excluding hydrogens is 470 g/mol. The molecule has 30 heavy (non-hydrogen) atoms. The van der Waals surface area contributed by atoms with Crippen molar-refractivity contribution in [3.8, 4) is 5.75 Å². The molecule has 0 aliphatic heterocycles.